The Morgan fingerprint density at radius 1 is 1.00 bits per heavy atom. The van der Waals surface area contributed by atoms with Gasteiger partial charge >= 0.3 is 0 Å². The Labute approximate surface area is 150 Å². The zero-order chi connectivity index (χ0) is 17.6. The molecule has 0 aliphatic rings. The number of para-hydroxylation sites is 1. The van der Waals surface area contributed by atoms with Gasteiger partial charge in [0.1, 0.15) is 5.82 Å². The van der Waals surface area contributed by atoms with Crippen molar-refractivity contribution in [2.24, 2.45) is 0 Å². The summed E-state index contributed by atoms with van der Waals surface area (Å²) in [7, 11) is 0. The third-order valence-electron chi connectivity index (χ3n) is 3.88. The lowest BCUT2D eigenvalue weighted by Crippen LogP contribution is -2.40. The summed E-state index contributed by atoms with van der Waals surface area (Å²) in [4.78, 5) is 13.5. The Morgan fingerprint density at radius 3 is 2.36 bits per heavy atom. The van der Waals surface area contributed by atoms with Crippen LogP contribution in [-0.2, 0) is 4.79 Å². The minimum Gasteiger partial charge on any atom is -0.325 e. The molecule has 0 spiro atoms. The van der Waals surface area contributed by atoms with E-state index in [4.69, 9.17) is 0 Å². The van der Waals surface area contributed by atoms with Crippen LogP contribution in [0.1, 0.15) is 23.4 Å². The number of anilines is 1. The summed E-state index contributed by atoms with van der Waals surface area (Å²) in [6.07, 6.45) is 0. The van der Waals surface area contributed by atoms with Gasteiger partial charge in [0, 0.05) is 10.6 Å². The molecule has 0 radical (unpaired) electrons. The molecule has 0 aliphatic heterocycles. The molecule has 0 unspecified atom stereocenters. The van der Waals surface area contributed by atoms with E-state index in [1.54, 1.807) is 23.5 Å². The Hall–Kier alpha value is -2.50. The van der Waals surface area contributed by atoms with E-state index >= 15 is 0 Å². The molecule has 1 amide bonds. The van der Waals surface area contributed by atoms with E-state index in [9.17, 15) is 9.18 Å². The van der Waals surface area contributed by atoms with E-state index in [2.05, 4.69) is 10.6 Å². The Morgan fingerprint density at radius 2 is 1.72 bits per heavy atom. The van der Waals surface area contributed by atoms with Crippen molar-refractivity contribution in [2.45, 2.75) is 19.0 Å². The quantitative estimate of drug-likeness (QED) is 0.680. The van der Waals surface area contributed by atoms with E-state index in [0.717, 1.165) is 16.1 Å². The second-order valence-electron chi connectivity index (χ2n) is 5.74. The van der Waals surface area contributed by atoms with Crippen LogP contribution in [0.2, 0.25) is 0 Å². The smallest absolute Gasteiger partial charge is 0.241 e. The number of amides is 1. The first-order chi connectivity index (χ1) is 12.1. The molecule has 3 aromatic rings. The highest BCUT2D eigenvalue weighted by Gasteiger charge is 2.21. The molecular formula is C20H19FN2OS. The minimum absolute atomic E-state index is 0.116. The summed E-state index contributed by atoms with van der Waals surface area (Å²) < 4.78 is 13.2. The molecule has 2 N–H and O–H groups in total. The zero-order valence-electron chi connectivity index (χ0n) is 13.8. The van der Waals surface area contributed by atoms with Crippen molar-refractivity contribution < 1.29 is 9.18 Å². The Balaban J connectivity index is 1.75. The standard InChI is InChI=1S/C20H19FN2OS/c1-14(20(24)23-17-6-3-2-4-7-17)22-19(18-8-5-13-25-18)15-9-11-16(21)12-10-15/h2-14,19,22H,1H3,(H,23,24)/t14-,19-/m1/s1. The van der Waals surface area contributed by atoms with Crippen LogP contribution >= 0.6 is 11.3 Å². The number of carbonyl (C=O) groups excluding carboxylic acids is 1. The van der Waals surface area contributed by atoms with Crippen LogP contribution in [0.3, 0.4) is 0 Å². The number of thiophene rings is 1. The van der Waals surface area contributed by atoms with Crippen LogP contribution in [0.25, 0.3) is 0 Å². The third-order valence-corrected chi connectivity index (χ3v) is 4.82. The number of carbonyl (C=O) groups is 1. The fourth-order valence-corrected chi connectivity index (χ4v) is 3.36. The van der Waals surface area contributed by atoms with Crippen LogP contribution in [0.5, 0.6) is 0 Å². The van der Waals surface area contributed by atoms with Gasteiger partial charge in [-0.15, -0.1) is 11.3 Å². The third kappa shape index (κ3) is 4.53. The van der Waals surface area contributed by atoms with Crippen LogP contribution in [0, 0.1) is 5.82 Å². The summed E-state index contributed by atoms with van der Waals surface area (Å²) in [5.74, 6) is -0.390. The SMILES string of the molecule is C[C@@H](N[C@H](c1ccc(F)cc1)c1cccs1)C(=O)Nc1ccccc1. The van der Waals surface area contributed by atoms with Crippen molar-refractivity contribution in [2.75, 3.05) is 5.32 Å². The lowest BCUT2D eigenvalue weighted by atomic mass is 10.0. The predicted octanol–water partition coefficient (Wildman–Crippen LogP) is 4.59. The van der Waals surface area contributed by atoms with Crippen LogP contribution < -0.4 is 10.6 Å². The summed E-state index contributed by atoms with van der Waals surface area (Å²) in [5, 5.41) is 8.23. The molecule has 0 saturated heterocycles. The zero-order valence-corrected chi connectivity index (χ0v) is 14.6. The van der Waals surface area contributed by atoms with Crippen molar-refractivity contribution in [1.82, 2.24) is 5.32 Å². The number of hydrogen-bond donors (Lipinski definition) is 2. The summed E-state index contributed by atoms with van der Waals surface area (Å²) in [6, 6.07) is 19.1. The normalized spacial score (nSPS) is 13.2. The summed E-state index contributed by atoms with van der Waals surface area (Å²) in [5.41, 5.74) is 1.68. The van der Waals surface area contributed by atoms with Crippen LogP contribution in [-0.4, -0.2) is 11.9 Å². The van der Waals surface area contributed by atoms with E-state index in [0.29, 0.717) is 0 Å². The largest absolute Gasteiger partial charge is 0.325 e. The number of nitrogens with one attached hydrogen (secondary N) is 2. The van der Waals surface area contributed by atoms with Gasteiger partial charge in [-0.05, 0) is 48.2 Å². The molecule has 3 nitrogen and oxygen atoms in total. The van der Waals surface area contributed by atoms with Gasteiger partial charge in [-0.1, -0.05) is 36.4 Å². The molecule has 2 aromatic carbocycles. The van der Waals surface area contributed by atoms with Gasteiger partial charge in [0.05, 0.1) is 12.1 Å². The average Bonchev–Trinajstić information content (AvgIpc) is 3.15. The monoisotopic (exact) mass is 354 g/mol. The van der Waals surface area contributed by atoms with E-state index in [1.165, 1.54) is 12.1 Å². The van der Waals surface area contributed by atoms with Crippen LogP contribution in [0.4, 0.5) is 10.1 Å². The molecule has 2 atom stereocenters. The molecule has 3 rings (SSSR count). The van der Waals surface area contributed by atoms with Gasteiger partial charge in [-0.25, -0.2) is 4.39 Å². The number of benzene rings is 2. The summed E-state index contributed by atoms with van der Waals surface area (Å²) >= 11 is 1.60. The molecule has 0 aliphatic carbocycles. The Kier molecular flexibility index (Phi) is 5.58. The first-order valence-electron chi connectivity index (χ1n) is 8.04. The number of hydrogen-bond acceptors (Lipinski definition) is 3. The van der Waals surface area contributed by atoms with E-state index < -0.39 is 6.04 Å². The van der Waals surface area contributed by atoms with Gasteiger partial charge in [0.2, 0.25) is 5.91 Å². The fourth-order valence-electron chi connectivity index (χ4n) is 2.55. The lowest BCUT2D eigenvalue weighted by Gasteiger charge is -2.22. The molecular weight excluding hydrogens is 335 g/mol. The molecule has 0 saturated carbocycles. The molecule has 128 valence electrons. The highest BCUT2D eigenvalue weighted by atomic mass is 32.1. The van der Waals surface area contributed by atoms with Crippen LogP contribution in [0.15, 0.2) is 72.1 Å². The van der Waals surface area contributed by atoms with Gasteiger partial charge in [-0.3, -0.25) is 10.1 Å². The lowest BCUT2D eigenvalue weighted by molar-refractivity contribution is -0.117. The van der Waals surface area contributed by atoms with Gasteiger partial charge in [-0.2, -0.15) is 0 Å². The van der Waals surface area contributed by atoms with Crippen molar-refractivity contribution in [3.8, 4) is 0 Å². The molecule has 0 fully saturated rings. The average molecular weight is 354 g/mol. The highest BCUT2D eigenvalue weighted by Crippen LogP contribution is 2.27. The summed E-state index contributed by atoms with van der Waals surface area (Å²) in [6.45, 7) is 1.82. The molecule has 0 bridgehead atoms. The second-order valence-corrected chi connectivity index (χ2v) is 6.72. The first kappa shape index (κ1) is 17.3. The van der Waals surface area contributed by atoms with Gasteiger partial charge in [0.15, 0.2) is 0 Å². The molecule has 5 heteroatoms. The van der Waals surface area contributed by atoms with Gasteiger partial charge < -0.3 is 5.32 Å². The second kappa shape index (κ2) is 8.05. The highest BCUT2D eigenvalue weighted by molar-refractivity contribution is 7.10. The maximum Gasteiger partial charge on any atom is 0.241 e. The van der Waals surface area contributed by atoms with Crippen molar-refractivity contribution >= 4 is 22.9 Å². The minimum atomic E-state index is -0.419. The fraction of sp³-hybridized carbons (Fsp3) is 0.150. The topological polar surface area (TPSA) is 41.1 Å². The molecule has 1 aromatic heterocycles. The van der Waals surface area contributed by atoms with Crippen molar-refractivity contribution in [1.29, 1.82) is 0 Å². The maximum atomic E-state index is 13.2. The van der Waals surface area contributed by atoms with Crippen molar-refractivity contribution in [3.63, 3.8) is 0 Å². The maximum absolute atomic E-state index is 13.2. The van der Waals surface area contributed by atoms with E-state index in [1.807, 2.05) is 54.8 Å². The van der Waals surface area contributed by atoms with Gasteiger partial charge in [0.25, 0.3) is 0 Å². The molecule has 1 heterocycles. The van der Waals surface area contributed by atoms with Crippen molar-refractivity contribution in [3.05, 3.63) is 88.4 Å². The van der Waals surface area contributed by atoms with E-state index in [-0.39, 0.29) is 17.8 Å². The Bertz CT molecular complexity index is 803. The molecule has 25 heavy (non-hydrogen) atoms. The number of halogens is 1. The number of rotatable bonds is 6. The predicted molar refractivity (Wildman–Crippen MR) is 100 cm³/mol. The first-order valence-corrected chi connectivity index (χ1v) is 8.92.